The van der Waals surface area contributed by atoms with Crippen LogP contribution >= 0.6 is 0 Å². The van der Waals surface area contributed by atoms with E-state index in [1.54, 1.807) is 0 Å². The minimum Gasteiger partial charge on any atom is -0.462 e. The predicted octanol–water partition coefficient (Wildman–Crippen LogP) is 21.5. The molecule has 0 bridgehead atoms. The van der Waals surface area contributed by atoms with E-state index in [9.17, 15) is 14.4 Å². The highest BCUT2D eigenvalue weighted by Gasteiger charge is 2.19. The van der Waals surface area contributed by atoms with Crippen LogP contribution in [0.4, 0.5) is 0 Å². The van der Waals surface area contributed by atoms with Gasteiger partial charge in [-0.05, 0) is 19.3 Å². The highest BCUT2D eigenvalue weighted by molar-refractivity contribution is 5.71. The number of esters is 3. The minimum atomic E-state index is -0.759. The maximum Gasteiger partial charge on any atom is 0.306 e. The van der Waals surface area contributed by atoms with E-state index in [0.29, 0.717) is 19.3 Å². The Bertz CT molecular complexity index is 1040. The van der Waals surface area contributed by atoms with Gasteiger partial charge in [-0.15, -0.1) is 0 Å². The minimum absolute atomic E-state index is 0.0619. The van der Waals surface area contributed by atoms with Crippen LogP contribution in [0, 0.1) is 0 Å². The number of carbonyl (C=O) groups is 3. The van der Waals surface area contributed by atoms with Gasteiger partial charge in [-0.3, -0.25) is 14.4 Å². The maximum atomic E-state index is 12.8. The SMILES string of the molecule is CCCCCCCCCCCCCCCCCCCCCCCCCCCCCCCCCCCC(=O)OCC(COC(=O)CCCCCCCCCCC)OC(=O)CCCCCCCCCCCC. The molecule has 1 atom stereocenters. The Labute approximate surface area is 438 Å². The highest BCUT2D eigenvalue weighted by atomic mass is 16.6. The molecule has 0 spiro atoms. The smallest absolute Gasteiger partial charge is 0.306 e. The van der Waals surface area contributed by atoms with Gasteiger partial charge in [0.15, 0.2) is 6.10 Å². The molecule has 70 heavy (non-hydrogen) atoms. The van der Waals surface area contributed by atoms with Crippen molar-refractivity contribution in [2.75, 3.05) is 13.2 Å². The van der Waals surface area contributed by atoms with Crippen LogP contribution in [0.3, 0.4) is 0 Å². The zero-order valence-electron chi connectivity index (χ0n) is 47.8. The first kappa shape index (κ1) is 68.4. The summed E-state index contributed by atoms with van der Waals surface area (Å²) in [6.45, 7) is 6.67. The quantitative estimate of drug-likeness (QED) is 0.0343. The van der Waals surface area contributed by atoms with Crippen molar-refractivity contribution in [1.29, 1.82) is 0 Å². The Morgan fingerprint density at radius 1 is 0.229 bits per heavy atom. The fourth-order valence-corrected chi connectivity index (χ4v) is 10.0. The van der Waals surface area contributed by atoms with E-state index in [-0.39, 0.29) is 31.1 Å². The molecule has 0 saturated carbocycles. The van der Waals surface area contributed by atoms with Gasteiger partial charge in [0.05, 0.1) is 0 Å². The fraction of sp³-hybridized carbons (Fsp3) is 0.953. The molecule has 0 aliphatic carbocycles. The van der Waals surface area contributed by atoms with Gasteiger partial charge in [-0.25, -0.2) is 0 Å². The van der Waals surface area contributed by atoms with E-state index in [0.717, 1.165) is 57.8 Å². The molecule has 6 heteroatoms. The lowest BCUT2D eigenvalue weighted by Gasteiger charge is -2.18. The third-order valence-corrected chi connectivity index (χ3v) is 14.9. The molecule has 0 aromatic rings. The number of hydrogen-bond acceptors (Lipinski definition) is 6. The van der Waals surface area contributed by atoms with Gasteiger partial charge in [0.1, 0.15) is 13.2 Å². The Morgan fingerprint density at radius 2 is 0.386 bits per heavy atom. The van der Waals surface area contributed by atoms with E-state index < -0.39 is 6.10 Å². The van der Waals surface area contributed by atoms with Crippen LogP contribution in [0.25, 0.3) is 0 Å². The van der Waals surface area contributed by atoms with E-state index in [1.807, 2.05) is 0 Å². The summed E-state index contributed by atoms with van der Waals surface area (Å²) in [5.74, 6) is -0.842. The summed E-state index contributed by atoms with van der Waals surface area (Å²) < 4.78 is 16.8. The second kappa shape index (κ2) is 60.0. The van der Waals surface area contributed by atoms with Crippen LogP contribution < -0.4 is 0 Å². The molecule has 0 heterocycles. The molecule has 0 rings (SSSR count). The van der Waals surface area contributed by atoms with E-state index in [1.165, 1.54) is 276 Å². The maximum absolute atomic E-state index is 12.8. The molecule has 0 aliphatic rings. The van der Waals surface area contributed by atoms with Crippen molar-refractivity contribution in [2.45, 2.75) is 380 Å². The molecule has 0 N–H and O–H groups in total. The summed E-state index contributed by atoms with van der Waals surface area (Å²) in [5, 5.41) is 0. The predicted molar refractivity (Wildman–Crippen MR) is 303 cm³/mol. The third kappa shape index (κ3) is 57.3. The molecule has 1 unspecified atom stereocenters. The molecule has 0 aromatic heterocycles. The van der Waals surface area contributed by atoms with E-state index in [4.69, 9.17) is 14.2 Å². The Hall–Kier alpha value is -1.59. The normalized spacial score (nSPS) is 11.9. The highest BCUT2D eigenvalue weighted by Crippen LogP contribution is 2.19. The Kier molecular flexibility index (Phi) is 58.6. The second-order valence-electron chi connectivity index (χ2n) is 22.1. The molecule has 0 radical (unpaired) electrons. The van der Waals surface area contributed by atoms with Crippen LogP contribution in [0.15, 0.2) is 0 Å². The summed E-state index contributed by atoms with van der Waals surface area (Å²) in [7, 11) is 0. The summed E-state index contributed by atoms with van der Waals surface area (Å²) in [6.07, 6.45) is 68.8. The van der Waals surface area contributed by atoms with Crippen LogP contribution in [0.2, 0.25) is 0 Å². The van der Waals surface area contributed by atoms with Crippen molar-refractivity contribution in [3.8, 4) is 0 Å². The van der Waals surface area contributed by atoms with Crippen molar-refractivity contribution in [1.82, 2.24) is 0 Å². The molecule has 0 fully saturated rings. The first-order valence-electron chi connectivity index (χ1n) is 32.0. The van der Waals surface area contributed by atoms with E-state index in [2.05, 4.69) is 20.8 Å². The summed E-state index contributed by atoms with van der Waals surface area (Å²) >= 11 is 0. The van der Waals surface area contributed by atoms with Crippen LogP contribution in [0.5, 0.6) is 0 Å². The number of carbonyl (C=O) groups excluding carboxylic acids is 3. The largest absolute Gasteiger partial charge is 0.462 e. The average molecular weight is 990 g/mol. The van der Waals surface area contributed by atoms with Crippen molar-refractivity contribution in [2.24, 2.45) is 0 Å². The van der Waals surface area contributed by atoms with Crippen molar-refractivity contribution in [3.63, 3.8) is 0 Å². The zero-order chi connectivity index (χ0) is 50.7. The van der Waals surface area contributed by atoms with Crippen LogP contribution in [-0.4, -0.2) is 37.2 Å². The van der Waals surface area contributed by atoms with Gasteiger partial charge in [0.2, 0.25) is 0 Å². The summed E-state index contributed by atoms with van der Waals surface area (Å²) in [5.41, 5.74) is 0. The second-order valence-corrected chi connectivity index (χ2v) is 22.1. The molecular formula is C64H124O6. The van der Waals surface area contributed by atoms with Gasteiger partial charge in [-0.1, -0.05) is 335 Å². The standard InChI is InChI=1S/C64H124O6/c1-4-7-10-13-16-19-21-22-23-24-25-26-27-28-29-30-31-32-33-34-35-36-37-38-39-40-41-42-43-46-48-51-54-57-63(66)69-60-61(59-68-62(65)56-53-50-47-44-18-15-12-9-6-3)70-64(67)58-55-52-49-45-20-17-14-11-8-5-2/h61H,4-60H2,1-3H3. The lowest BCUT2D eigenvalue weighted by molar-refractivity contribution is -0.167. The number of unbranched alkanes of at least 4 members (excludes halogenated alkanes) is 49. The van der Waals surface area contributed by atoms with Crippen molar-refractivity contribution >= 4 is 17.9 Å². The molecule has 0 saturated heterocycles. The molecule has 0 amide bonds. The average Bonchev–Trinajstić information content (AvgIpc) is 3.36. The molecule has 6 nitrogen and oxygen atoms in total. The molecular weight excluding hydrogens is 865 g/mol. The molecule has 0 aliphatic heterocycles. The van der Waals surface area contributed by atoms with Gasteiger partial charge in [0.25, 0.3) is 0 Å². The topological polar surface area (TPSA) is 78.9 Å². The zero-order valence-corrected chi connectivity index (χ0v) is 47.8. The van der Waals surface area contributed by atoms with Crippen LogP contribution in [0.1, 0.15) is 374 Å². The Balaban J connectivity index is 3.87. The van der Waals surface area contributed by atoms with Gasteiger partial charge in [0, 0.05) is 19.3 Å². The first-order chi connectivity index (χ1) is 34.5. The van der Waals surface area contributed by atoms with Gasteiger partial charge in [-0.2, -0.15) is 0 Å². The number of rotatable bonds is 60. The van der Waals surface area contributed by atoms with Crippen LogP contribution in [-0.2, 0) is 28.6 Å². The lowest BCUT2D eigenvalue weighted by Crippen LogP contribution is -2.30. The molecule has 416 valence electrons. The summed E-state index contributed by atoms with van der Waals surface area (Å²) in [4.78, 5) is 37.9. The fourth-order valence-electron chi connectivity index (χ4n) is 10.0. The van der Waals surface area contributed by atoms with Gasteiger partial charge >= 0.3 is 17.9 Å². The van der Waals surface area contributed by atoms with E-state index >= 15 is 0 Å². The molecule has 0 aromatic carbocycles. The first-order valence-corrected chi connectivity index (χ1v) is 32.0. The van der Waals surface area contributed by atoms with Crippen molar-refractivity contribution < 1.29 is 28.6 Å². The van der Waals surface area contributed by atoms with Gasteiger partial charge < -0.3 is 14.2 Å². The number of ether oxygens (including phenoxy) is 3. The lowest BCUT2D eigenvalue weighted by atomic mass is 10.0. The van der Waals surface area contributed by atoms with Crippen molar-refractivity contribution in [3.05, 3.63) is 0 Å². The summed E-state index contributed by atoms with van der Waals surface area (Å²) in [6, 6.07) is 0. The third-order valence-electron chi connectivity index (χ3n) is 14.9. The monoisotopic (exact) mass is 989 g/mol. The Morgan fingerprint density at radius 3 is 0.571 bits per heavy atom. The number of hydrogen-bond donors (Lipinski definition) is 0.